The van der Waals surface area contributed by atoms with Crippen LogP contribution in [0.4, 0.5) is 17.1 Å². The molecule has 1 atom stereocenters. The minimum Gasteiger partial charge on any atom is -0.457 e. The minimum atomic E-state index is -0.586. The zero-order chi connectivity index (χ0) is 49.1. The molecular weight excluding hydrogens is 903 g/mol. The molecule has 1 aliphatic heterocycles. The quantitative estimate of drug-likeness (QED) is 0.160. The van der Waals surface area contributed by atoms with E-state index in [0.717, 1.165) is 111 Å². The van der Waals surface area contributed by atoms with Crippen LogP contribution >= 0.6 is 0 Å². The Labute approximate surface area is 427 Å². The molecule has 0 saturated carbocycles. The van der Waals surface area contributed by atoms with E-state index in [-0.39, 0.29) is 0 Å². The number of fused-ring (bicyclic) bond motifs is 16. The average molecular weight is 948 g/mol. The first-order chi connectivity index (χ1) is 36.6. The molecule has 1 spiro atoms. The van der Waals surface area contributed by atoms with Crippen LogP contribution in [0.5, 0.6) is 5.75 Å². The summed E-state index contributed by atoms with van der Waals surface area (Å²) < 4.78 is 20.7. The van der Waals surface area contributed by atoms with Crippen LogP contribution < -0.4 is 9.64 Å². The lowest BCUT2D eigenvalue weighted by molar-refractivity contribution is 0.403. The first-order valence-electron chi connectivity index (χ1n) is 25.3. The van der Waals surface area contributed by atoms with Crippen molar-refractivity contribution in [2.45, 2.75) is 12.3 Å². The molecule has 0 fully saturated rings. The summed E-state index contributed by atoms with van der Waals surface area (Å²) in [6, 6.07) is 80.6. The van der Waals surface area contributed by atoms with Crippen molar-refractivity contribution < 1.29 is 13.6 Å². The van der Waals surface area contributed by atoms with Crippen LogP contribution in [-0.2, 0) is 5.41 Å². The van der Waals surface area contributed by atoms with E-state index in [2.05, 4.69) is 249 Å². The fraction of sp³-hybridized carbons (Fsp3) is 0.0286. The van der Waals surface area contributed by atoms with E-state index in [1.807, 2.05) is 12.1 Å². The first-order valence-corrected chi connectivity index (χ1v) is 25.3. The molecule has 0 bridgehead atoms. The van der Waals surface area contributed by atoms with Gasteiger partial charge >= 0.3 is 0 Å². The fourth-order valence-corrected chi connectivity index (χ4v) is 12.5. The van der Waals surface area contributed by atoms with Gasteiger partial charge in [-0.2, -0.15) is 0 Å². The lowest BCUT2D eigenvalue weighted by Gasteiger charge is -2.39. The molecule has 0 saturated heterocycles. The van der Waals surface area contributed by atoms with Crippen LogP contribution in [-0.4, -0.2) is 0 Å². The number of anilines is 3. The first kappa shape index (κ1) is 42.1. The van der Waals surface area contributed by atoms with E-state index in [1.54, 1.807) is 0 Å². The Bertz CT molecular complexity index is 4560. The second-order valence-electron chi connectivity index (χ2n) is 19.4. The summed E-state index contributed by atoms with van der Waals surface area (Å²) in [6.07, 6.45) is 6.14. The topological polar surface area (TPSA) is 38.8 Å². The summed E-state index contributed by atoms with van der Waals surface area (Å²) in [5.74, 6) is 1.61. The number of hydrogen-bond acceptors (Lipinski definition) is 4. The van der Waals surface area contributed by atoms with E-state index in [4.69, 9.17) is 13.6 Å². The van der Waals surface area contributed by atoms with Crippen LogP contribution in [0, 0.1) is 0 Å². The predicted molar refractivity (Wildman–Crippen MR) is 306 cm³/mol. The average Bonchev–Trinajstić information content (AvgIpc) is 4.22. The van der Waals surface area contributed by atoms with Gasteiger partial charge in [-0.25, -0.2) is 0 Å². The van der Waals surface area contributed by atoms with Gasteiger partial charge in [-0.1, -0.05) is 183 Å². The third kappa shape index (κ3) is 5.97. The zero-order valence-corrected chi connectivity index (χ0v) is 40.5. The Balaban J connectivity index is 0.924. The lowest BCUT2D eigenvalue weighted by atomic mass is 9.65. The Morgan fingerprint density at radius 2 is 1.12 bits per heavy atom. The molecule has 2 aliphatic rings. The van der Waals surface area contributed by atoms with Gasteiger partial charge in [0.1, 0.15) is 28.3 Å². The van der Waals surface area contributed by atoms with Crippen molar-refractivity contribution in [1.29, 1.82) is 0 Å². The second-order valence-corrected chi connectivity index (χ2v) is 19.4. The summed E-state index contributed by atoms with van der Waals surface area (Å²) in [6.45, 7) is 6.28. The molecule has 348 valence electrons. The fourth-order valence-electron chi connectivity index (χ4n) is 12.5. The number of benzene rings is 11. The summed E-state index contributed by atoms with van der Waals surface area (Å²) >= 11 is 0. The third-order valence-electron chi connectivity index (χ3n) is 15.6. The van der Waals surface area contributed by atoms with Crippen LogP contribution in [0.15, 0.2) is 269 Å². The van der Waals surface area contributed by atoms with Gasteiger partial charge in [0.2, 0.25) is 0 Å². The summed E-state index contributed by atoms with van der Waals surface area (Å²) in [5, 5.41) is 8.92. The number of rotatable bonds is 7. The van der Waals surface area contributed by atoms with Gasteiger partial charge < -0.3 is 18.5 Å². The highest BCUT2D eigenvalue weighted by molar-refractivity contribution is 6.23. The third-order valence-corrected chi connectivity index (χ3v) is 15.6. The van der Waals surface area contributed by atoms with Gasteiger partial charge in [0, 0.05) is 49.6 Å². The Kier molecular flexibility index (Phi) is 9.21. The lowest BCUT2D eigenvalue weighted by Crippen LogP contribution is -2.34. The summed E-state index contributed by atoms with van der Waals surface area (Å²) in [7, 11) is 0. The molecular formula is C70H45NO3. The predicted octanol–water partition coefficient (Wildman–Crippen LogP) is 19.3. The Morgan fingerprint density at radius 3 is 1.99 bits per heavy atom. The molecule has 3 heterocycles. The Morgan fingerprint density at radius 1 is 0.446 bits per heavy atom. The van der Waals surface area contributed by atoms with Crippen molar-refractivity contribution in [3.05, 3.63) is 277 Å². The summed E-state index contributed by atoms with van der Waals surface area (Å²) in [5.41, 5.74) is 17.1. The maximum absolute atomic E-state index is 7.19. The smallest absolute Gasteiger partial charge is 0.159 e. The monoisotopic (exact) mass is 947 g/mol. The highest BCUT2D eigenvalue weighted by Crippen LogP contribution is 2.61. The molecule has 4 nitrogen and oxygen atoms in total. The van der Waals surface area contributed by atoms with Crippen molar-refractivity contribution in [3.8, 4) is 39.1 Å². The molecule has 1 aliphatic carbocycles. The summed E-state index contributed by atoms with van der Waals surface area (Å²) in [4.78, 5) is 2.35. The van der Waals surface area contributed by atoms with Crippen molar-refractivity contribution >= 4 is 82.5 Å². The van der Waals surface area contributed by atoms with Crippen LogP contribution in [0.1, 0.15) is 23.6 Å². The molecule has 15 rings (SSSR count). The number of hydrogen-bond donors (Lipinski definition) is 0. The maximum Gasteiger partial charge on any atom is 0.159 e. The van der Waals surface area contributed by atoms with Gasteiger partial charge in [0.25, 0.3) is 0 Å². The number of para-hydroxylation sites is 3. The van der Waals surface area contributed by atoms with Gasteiger partial charge in [0.05, 0.1) is 11.1 Å². The normalized spacial score (nSPS) is 14.9. The molecule has 0 amide bonds. The largest absolute Gasteiger partial charge is 0.457 e. The van der Waals surface area contributed by atoms with Crippen LogP contribution in [0.25, 0.3) is 98.8 Å². The van der Waals surface area contributed by atoms with Gasteiger partial charge in [-0.3, -0.25) is 0 Å². The van der Waals surface area contributed by atoms with Gasteiger partial charge in [0.15, 0.2) is 5.58 Å². The maximum atomic E-state index is 7.19. The van der Waals surface area contributed by atoms with E-state index < -0.39 is 5.41 Å². The molecule has 13 aromatic rings. The van der Waals surface area contributed by atoms with Gasteiger partial charge in [-0.05, 0) is 134 Å². The van der Waals surface area contributed by atoms with Crippen molar-refractivity contribution in [3.63, 3.8) is 0 Å². The minimum absolute atomic E-state index is 0.586. The number of allylic oxidation sites excluding steroid dienone is 4. The molecule has 0 radical (unpaired) electrons. The van der Waals surface area contributed by atoms with E-state index in [0.29, 0.717) is 0 Å². The molecule has 2 aromatic heterocycles. The zero-order valence-electron chi connectivity index (χ0n) is 40.5. The molecule has 1 unspecified atom stereocenters. The Hall–Kier alpha value is -9.64. The SMILES string of the molecule is C=CC1=C(/C=C\C)C2(c3ccccc3O1)c1ccccc1-c1cc(-c3ccc4c(c3)oc3c(N(c5ccccc5)c5cc(-c6cccc7ccccc67)c6oc7ccc8ccccc8c7c6c5)cccc34)ccc12. The van der Waals surface area contributed by atoms with E-state index >= 15 is 0 Å². The van der Waals surface area contributed by atoms with E-state index in [1.165, 1.54) is 38.4 Å². The second kappa shape index (κ2) is 16.2. The van der Waals surface area contributed by atoms with Crippen LogP contribution in [0.2, 0.25) is 0 Å². The van der Waals surface area contributed by atoms with Gasteiger partial charge in [-0.15, -0.1) is 0 Å². The molecule has 4 heteroatoms. The number of furan rings is 2. The van der Waals surface area contributed by atoms with Crippen molar-refractivity contribution in [1.82, 2.24) is 0 Å². The highest BCUT2D eigenvalue weighted by Gasteiger charge is 2.51. The number of nitrogens with zero attached hydrogens (tertiary/aromatic N) is 1. The van der Waals surface area contributed by atoms with E-state index in [9.17, 15) is 0 Å². The molecule has 0 N–H and O–H groups in total. The van der Waals surface area contributed by atoms with Crippen molar-refractivity contribution in [2.24, 2.45) is 0 Å². The molecule has 74 heavy (non-hydrogen) atoms. The van der Waals surface area contributed by atoms with Crippen molar-refractivity contribution in [2.75, 3.05) is 4.90 Å². The van der Waals surface area contributed by atoms with Crippen LogP contribution in [0.3, 0.4) is 0 Å². The standard InChI is InChI=1S/C70H45NO3/c1-3-18-60-63(4-2)72-64-32-15-14-30-61(64)70(60)58-29-13-12-26-52(58)55-39-45(34-37-59(55)70)46-33-36-53-54-28-17-31-62(69(54)74-66(53)40-46)71(47-22-6-5-7-23-47)48-41-56(51-27-16-21-43-19-8-10-24-49(43)51)68-57(42-48)67-50-25-11-9-20-44(50)35-38-65(67)73-68/h3-42H,2H2,1H3/b18-3-. The highest BCUT2D eigenvalue weighted by atomic mass is 16.5. The molecule has 11 aromatic carbocycles. The number of ether oxygens (including phenoxy) is 1.